The van der Waals surface area contributed by atoms with Crippen LogP contribution in [0, 0.1) is 23.7 Å². The number of aliphatic hydroxyl groups excluding tert-OH is 1. The Morgan fingerprint density at radius 2 is 0.488 bits per heavy atom. The fraction of sp³-hybridized carbons (Fsp3) is 0.940. The summed E-state index contributed by atoms with van der Waals surface area (Å²) >= 11 is 0. The number of rotatable bonds is 64. The fourth-order valence-electron chi connectivity index (χ4n) is 9.96. The Bertz CT molecular complexity index is 1710. The average molecular weight is 1270 g/mol. The van der Waals surface area contributed by atoms with Gasteiger partial charge in [0.2, 0.25) is 0 Å². The number of carbonyl (C=O) groups excluding carboxylic acids is 4. The zero-order valence-electron chi connectivity index (χ0n) is 55.9. The number of hydrogen-bond donors (Lipinski definition) is 3. The van der Waals surface area contributed by atoms with E-state index in [-0.39, 0.29) is 25.7 Å². The summed E-state index contributed by atoms with van der Waals surface area (Å²) in [6.45, 7) is 14.0. The van der Waals surface area contributed by atoms with E-state index >= 15 is 0 Å². The van der Waals surface area contributed by atoms with Crippen molar-refractivity contribution in [3.8, 4) is 0 Å². The lowest BCUT2D eigenvalue weighted by molar-refractivity contribution is -0.161. The first kappa shape index (κ1) is 84.1. The van der Waals surface area contributed by atoms with E-state index < -0.39 is 97.5 Å². The molecule has 0 aromatic rings. The van der Waals surface area contributed by atoms with E-state index in [4.69, 9.17) is 37.0 Å². The van der Waals surface area contributed by atoms with Gasteiger partial charge in [-0.3, -0.25) is 37.3 Å². The molecule has 17 nitrogen and oxygen atoms in total. The molecule has 0 saturated carbocycles. The number of ether oxygens (including phenoxy) is 4. The van der Waals surface area contributed by atoms with E-state index in [0.717, 1.165) is 115 Å². The first-order valence-electron chi connectivity index (χ1n) is 34.7. The minimum atomic E-state index is -4.95. The standard InChI is InChI=1S/C67H130O17P2/c1-57(2)43-35-27-19-14-12-10-9-11-13-15-22-33-41-49-66(71)83-63(54-78-65(70)48-40-32-26-25-30-38-46-60(7)8)56-82-86(75,76)80-52-61(68)51-79-85(73,74)81-55-62(53-77-64(69)47-39-31-24-18-21-29-37-45-59(5)6)84-67(72)50-42-34-23-17-16-20-28-36-44-58(3)4/h57-63,68H,9-56H2,1-8H3,(H,73,74)(H,75,76)/t61?,62-,63-/m1/s1. The largest absolute Gasteiger partial charge is 0.472 e. The van der Waals surface area contributed by atoms with Crippen LogP contribution in [0.15, 0.2) is 0 Å². The molecule has 0 bridgehead atoms. The maximum atomic E-state index is 13.0. The molecule has 0 heterocycles. The summed E-state index contributed by atoms with van der Waals surface area (Å²) in [7, 11) is -9.89. The highest BCUT2D eigenvalue weighted by molar-refractivity contribution is 7.47. The van der Waals surface area contributed by atoms with Crippen LogP contribution in [0.4, 0.5) is 0 Å². The van der Waals surface area contributed by atoms with Gasteiger partial charge >= 0.3 is 39.5 Å². The number of aliphatic hydroxyl groups is 1. The number of phosphoric acid groups is 2. The number of phosphoric ester groups is 2. The second-order valence-corrected chi connectivity index (χ2v) is 29.0. The monoisotopic (exact) mass is 1270 g/mol. The summed E-state index contributed by atoms with van der Waals surface area (Å²) in [5.41, 5.74) is 0. The van der Waals surface area contributed by atoms with Gasteiger partial charge in [-0.15, -0.1) is 0 Å². The summed E-state index contributed by atoms with van der Waals surface area (Å²) in [6, 6.07) is 0. The molecule has 3 N–H and O–H groups in total. The van der Waals surface area contributed by atoms with Crippen LogP contribution in [0.3, 0.4) is 0 Å². The van der Waals surface area contributed by atoms with E-state index in [0.29, 0.717) is 37.5 Å². The smallest absolute Gasteiger partial charge is 0.462 e. The van der Waals surface area contributed by atoms with Gasteiger partial charge in [-0.1, -0.05) is 274 Å². The van der Waals surface area contributed by atoms with E-state index in [1.54, 1.807) is 0 Å². The van der Waals surface area contributed by atoms with Crippen molar-refractivity contribution in [1.82, 2.24) is 0 Å². The van der Waals surface area contributed by atoms with Crippen molar-refractivity contribution in [2.45, 2.75) is 343 Å². The van der Waals surface area contributed by atoms with Gasteiger partial charge in [-0.05, 0) is 49.4 Å². The third-order valence-corrected chi connectivity index (χ3v) is 17.2. The van der Waals surface area contributed by atoms with E-state index in [1.165, 1.54) is 116 Å². The first-order valence-corrected chi connectivity index (χ1v) is 37.7. The summed E-state index contributed by atoms with van der Waals surface area (Å²) < 4.78 is 68.1. The van der Waals surface area contributed by atoms with Gasteiger partial charge in [-0.25, -0.2) is 9.13 Å². The Hall–Kier alpha value is -1.94. The Morgan fingerprint density at radius 3 is 0.721 bits per heavy atom. The minimum Gasteiger partial charge on any atom is -0.462 e. The molecule has 0 aromatic heterocycles. The number of unbranched alkanes of at least 4 members (excludes halogenated alkanes) is 30. The lowest BCUT2D eigenvalue weighted by Gasteiger charge is -2.21. The first-order chi connectivity index (χ1) is 41.1. The van der Waals surface area contributed by atoms with Gasteiger partial charge in [-0.2, -0.15) is 0 Å². The van der Waals surface area contributed by atoms with Crippen LogP contribution in [-0.2, 0) is 65.4 Å². The maximum absolute atomic E-state index is 13.0. The third kappa shape index (κ3) is 60.9. The van der Waals surface area contributed by atoms with E-state index in [1.807, 2.05) is 0 Å². The molecule has 0 aliphatic rings. The summed E-state index contributed by atoms with van der Waals surface area (Å²) in [6.07, 6.45) is 37.8. The molecular weight excluding hydrogens is 1140 g/mol. The topological polar surface area (TPSA) is 237 Å². The van der Waals surface area contributed by atoms with Crippen molar-refractivity contribution in [3.63, 3.8) is 0 Å². The van der Waals surface area contributed by atoms with Gasteiger partial charge in [0.15, 0.2) is 12.2 Å². The molecule has 19 heteroatoms. The Balaban J connectivity index is 5.22. The third-order valence-electron chi connectivity index (χ3n) is 15.3. The molecule has 0 saturated heterocycles. The van der Waals surface area contributed by atoms with Crippen LogP contribution in [0.25, 0.3) is 0 Å². The quantitative estimate of drug-likeness (QED) is 0.0222. The number of carbonyl (C=O) groups is 4. The molecule has 3 unspecified atom stereocenters. The number of esters is 4. The van der Waals surface area contributed by atoms with Crippen LogP contribution < -0.4 is 0 Å². The van der Waals surface area contributed by atoms with Crippen LogP contribution in [0.1, 0.15) is 325 Å². The SMILES string of the molecule is CC(C)CCCCCCCCCCCCCCCC(=O)O[C@H](COC(=O)CCCCCCCCC(C)C)COP(=O)(O)OCC(O)COP(=O)(O)OC[C@@H](COC(=O)CCCCCCCCCC(C)C)OC(=O)CCCCCCCCCCC(C)C. The molecule has 0 aromatic carbocycles. The van der Waals surface area contributed by atoms with Gasteiger partial charge < -0.3 is 33.8 Å². The zero-order valence-corrected chi connectivity index (χ0v) is 57.7. The Kier molecular flexibility index (Phi) is 55.7. The van der Waals surface area contributed by atoms with Gasteiger partial charge in [0.1, 0.15) is 19.3 Å². The molecular formula is C67H130O17P2. The van der Waals surface area contributed by atoms with Crippen molar-refractivity contribution >= 4 is 39.5 Å². The van der Waals surface area contributed by atoms with Crippen molar-refractivity contribution in [3.05, 3.63) is 0 Å². The van der Waals surface area contributed by atoms with Crippen molar-refractivity contribution in [2.24, 2.45) is 23.7 Å². The fourth-order valence-corrected chi connectivity index (χ4v) is 11.5. The van der Waals surface area contributed by atoms with Crippen LogP contribution in [0.5, 0.6) is 0 Å². The molecule has 5 atom stereocenters. The van der Waals surface area contributed by atoms with E-state index in [2.05, 4.69) is 55.4 Å². The van der Waals surface area contributed by atoms with Gasteiger partial charge in [0.05, 0.1) is 26.4 Å². The predicted octanol–water partition coefficient (Wildman–Crippen LogP) is 18.5. The summed E-state index contributed by atoms with van der Waals surface area (Å²) in [4.78, 5) is 72.3. The molecule has 510 valence electrons. The lowest BCUT2D eigenvalue weighted by atomic mass is 10.0. The van der Waals surface area contributed by atoms with Crippen molar-refractivity contribution < 1.29 is 80.2 Å². The predicted molar refractivity (Wildman–Crippen MR) is 344 cm³/mol. The maximum Gasteiger partial charge on any atom is 0.472 e. The second kappa shape index (κ2) is 57.0. The Morgan fingerprint density at radius 1 is 0.291 bits per heavy atom. The molecule has 0 rings (SSSR count). The van der Waals surface area contributed by atoms with Gasteiger partial charge in [0, 0.05) is 25.7 Å². The molecule has 86 heavy (non-hydrogen) atoms. The lowest BCUT2D eigenvalue weighted by Crippen LogP contribution is -2.30. The normalized spacial score (nSPS) is 14.4. The molecule has 0 aliphatic carbocycles. The van der Waals surface area contributed by atoms with Crippen LogP contribution in [-0.4, -0.2) is 96.7 Å². The molecule has 0 radical (unpaired) electrons. The highest BCUT2D eigenvalue weighted by Crippen LogP contribution is 2.45. The molecule has 0 fully saturated rings. The van der Waals surface area contributed by atoms with Crippen LogP contribution in [0.2, 0.25) is 0 Å². The van der Waals surface area contributed by atoms with Crippen LogP contribution >= 0.6 is 15.6 Å². The van der Waals surface area contributed by atoms with Crippen molar-refractivity contribution in [1.29, 1.82) is 0 Å². The van der Waals surface area contributed by atoms with E-state index in [9.17, 15) is 43.2 Å². The molecule has 0 amide bonds. The summed E-state index contributed by atoms with van der Waals surface area (Å²) in [5.74, 6) is 0.752. The molecule has 0 aliphatic heterocycles. The Labute approximate surface area is 524 Å². The number of hydrogen-bond acceptors (Lipinski definition) is 15. The zero-order chi connectivity index (χ0) is 63.9. The second-order valence-electron chi connectivity index (χ2n) is 26.1. The molecule has 0 spiro atoms. The highest BCUT2D eigenvalue weighted by Gasteiger charge is 2.30. The minimum absolute atomic E-state index is 0.103. The van der Waals surface area contributed by atoms with Crippen molar-refractivity contribution in [2.75, 3.05) is 39.6 Å². The average Bonchev–Trinajstić information content (AvgIpc) is 3.54. The highest BCUT2D eigenvalue weighted by atomic mass is 31.2. The summed E-state index contributed by atoms with van der Waals surface area (Å²) in [5, 5.41) is 10.6. The van der Waals surface area contributed by atoms with Gasteiger partial charge in [0.25, 0.3) is 0 Å².